The number of benzene rings is 1. The van der Waals surface area contributed by atoms with E-state index in [4.69, 9.17) is 18.9 Å². The van der Waals surface area contributed by atoms with Crippen molar-refractivity contribution in [3.05, 3.63) is 17.7 Å². The molecule has 0 aliphatic carbocycles. The van der Waals surface area contributed by atoms with Crippen LogP contribution in [0.5, 0.6) is 17.2 Å². The Morgan fingerprint density at radius 1 is 1.14 bits per heavy atom. The fraction of sp³-hybridized carbons (Fsp3) is 0.533. The Labute approximate surface area is 136 Å². The van der Waals surface area contributed by atoms with E-state index in [1.807, 2.05) is 13.8 Å². The molecular formula is C15H22ClNO5. The predicted molar refractivity (Wildman–Crippen MR) is 84.4 cm³/mol. The van der Waals surface area contributed by atoms with Gasteiger partial charge in [0, 0.05) is 17.5 Å². The minimum absolute atomic E-state index is 0. The number of hydrogen-bond acceptors (Lipinski definition) is 5. The van der Waals surface area contributed by atoms with Crippen molar-refractivity contribution < 1.29 is 23.7 Å². The van der Waals surface area contributed by atoms with Crippen LogP contribution >= 0.6 is 12.4 Å². The quantitative estimate of drug-likeness (QED) is 0.918. The topological polar surface area (TPSA) is 66.0 Å². The van der Waals surface area contributed by atoms with E-state index < -0.39 is 6.09 Å². The minimum atomic E-state index is -0.445. The second kappa shape index (κ2) is 6.96. The number of carbonyl (C=O) groups excluding carboxylic acids is 1. The maximum absolute atomic E-state index is 11.6. The van der Waals surface area contributed by atoms with Crippen LogP contribution in [-0.2, 0) is 4.74 Å². The van der Waals surface area contributed by atoms with Gasteiger partial charge >= 0.3 is 6.09 Å². The number of methoxy groups -OCH3 is 3. The summed E-state index contributed by atoms with van der Waals surface area (Å²) in [7, 11) is 4.73. The van der Waals surface area contributed by atoms with Gasteiger partial charge < -0.3 is 24.3 Å². The molecule has 0 bridgehead atoms. The lowest BCUT2D eigenvalue weighted by molar-refractivity contribution is 0.0374. The molecule has 7 heteroatoms. The van der Waals surface area contributed by atoms with Crippen molar-refractivity contribution in [3.8, 4) is 17.2 Å². The van der Waals surface area contributed by atoms with Crippen LogP contribution in [0.4, 0.5) is 4.79 Å². The summed E-state index contributed by atoms with van der Waals surface area (Å²) in [6.07, 6.45) is -0.445. The van der Waals surface area contributed by atoms with Crippen LogP contribution in [0.1, 0.15) is 25.5 Å². The minimum Gasteiger partial charge on any atom is -0.496 e. The molecule has 1 aromatic carbocycles. The molecule has 0 aromatic heterocycles. The Morgan fingerprint density at radius 2 is 1.68 bits per heavy atom. The molecule has 0 unspecified atom stereocenters. The highest BCUT2D eigenvalue weighted by Gasteiger charge is 2.41. The fourth-order valence-corrected chi connectivity index (χ4v) is 2.47. The maximum Gasteiger partial charge on any atom is 0.407 e. The predicted octanol–water partition coefficient (Wildman–Crippen LogP) is 2.94. The van der Waals surface area contributed by atoms with Gasteiger partial charge in [-0.2, -0.15) is 0 Å². The van der Waals surface area contributed by atoms with Crippen molar-refractivity contribution in [2.24, 2.45) is 5.41 Å². The van der Waals surface area contributed by atoms with Gasteiger partial charge in [-0.25, -0.2) is 4.79 Å². The smallest absolute Gasteiger partial charge is 0.407 e. The van der Waals surface area contributed by atoms with Crippen molar-refractivity contribution in [2.45, 2.75) is 19.9 Å². The second-order valence-electron chi connectivity index (χ2n) is 5.59. The van der Waals surface area contributed by atoms with E-state index in [9.17, 15) is 4.79 Å². The molecule has 1 amide bonds. The third kappa shape index (κ3) is 3.32. The second-order valence-corrected chi connectivity index (χ2v) is 5.59. The summed E-state index contributed by atoms with van der Waals surface area (Å²) in [6.45, 7) is 4.35. The molecule has 0 radical (unpaired) electrons. The normalized spacial score (nSPS) is 19.3. The molecule has 1 fully saturated rings. The average molecular weight is 332 g/mol. The number of ether oxygens (including phenoxy) is 4. The Morgan fingerprint density at radius 3 is 2.14 bits per heavy atom. The van der Waals surface area contributed by atoms with Gasteiger partial charge in [0.15, 0.2) is 0 Å². The summed E-state index contributed by atoms with van der Waals surface area (Å²) < 4.78 is 21.2. The molecule has 0 spiro atoms. The van der Waals surface area contributed by atoms with E-state index in [0.717, 1.165) is 5.56 Å². The van der Waals surface area contributed by atoms with Gasteiger partial charge in [-0.05, 0) is 0 Å². The summed E-state index contributed by atoms with van der Waals surface area (Å²) in [5, 5.41) is 2.85. The number of hydrogen-bond donors (Lipinski definition) is 1. The third-order valence-electron chi connectivity index (χ3n) is 3.66. The average Bonchev–Trinajstić information content (AvgIpc) is 2.48. The lowest BCUT2D eigenvalue weighted by atomic mass is 9.79. The number of amides is 1. The standard InChI is InChI=1S/C15H21NO5.ClH/c1-15(2)8-21-14(17)16-13(15)12-10(19-4)6-9(18-3)7-11(12)20-5;/h6-7,13H,8H2,1-5H3,(H,16,17);1H/t13-;/m0./s1. The van der Waals surface area contributed by atoms with Gasteiger partial charge in [0.2, 0.25) is 0 Å². The summed E-state index contributed by atoms with van der Waals surface area (Å²) in [4.78, 5) is 11.6. The molecule has 2 rings (SSSR count). The van der Waals surface area contributed by atoms with Crippen LogP contribution in [0.3, 0.4) is 0 Å². The molecule has 124 valence electrons. The summed E-state index contributed by atoms with van der Waals surface area (Å²) in [5.41, 5.74) is 0.478. The Bertz CT molecular complexity index is 522. The fourth-order valence-electron chi connectivity index (χ4n) is 2.47. The molecular weight excluding hydrogens is 310 g/mol. The van der Waals surface area contributed by atoms with Crippen LogP contribution in [0.25, 0.3) is 0 Å². The van der Waals surface area contributed by atoms with Gasteiger partial charge in [0.05, 0.1) is 32.9 Å². The molecule has 1 atom stereocenters. The van der Waals surface area contributed by atoms with Crippen molar-refractivity contribution >= 4 is 18.5 Å². The van der Waals surface area contributed by atoms with Gasteiger partial charge in [-0.1, -0.05) is 13.8 Å². The van der Waals surface area contributed by atoms with Gasteiger partial charge in [0.1, 0.15) is 23.9 Å². The highest BCUT2D eigenvalue weighted by atomic mass is 35.5. The van der Waals surface area contributed by atoms with E-state index in [1.54, 1.807) is 33.5 Å². The number of halogens is 1. The van der Waals surface area contributed by atoms with E-state index in [0.29, 0.717) is 23.9 Å². The molecule has 1 heterocycles. The molecule has 1 aromatic rings. The third-order valence-corrected chi connectivity index (χ3v) is 3.66. The molecule has 1 saturated heterocycles. The zero-order valence-corrected chi connectivity index (χ0v) is 14.2. The van der Waals surface area contributed by atoms with Crippen LogP contribution < -0.4 is 19.5 Å². The van der Waals surface area contributed by atoms with E-state index in [-0.39, 0.29) is 23.9 Å². The number of rotatable bonds is 4. The van der Waals surface area contributed by atoms with Gasteiger partial charge in [0.25, 0.3) is 0 Å². The van der Waals surface area contributed by atoms with Crippen molar-refractivity contribution in [1.82, 2.24) is 5.32 Å². The number of carbonyl (C=O) groups is 1. The SMILES string of the molecule is COc1cc(OC)c([C@@H]2NC(=O)OCC2(C)C)c(OC)c1.Cl. The van der Waals surface area contributed by atoms with Crippen molar-refractivity contribution in [3.63, 3.8) is 0 Å². The molecule has 22 heavy (non-hydrogen) atoms. The lowest BCUT2D eigenvalue weighted by Gasteiger charge is -2.39. The Hall–Kier alpha value is -1.82. The van der Waals surface area contributed by atoms with Crippen LogP contribution in [0.2, 0.25) is 0 Å². The van der Waals surface area contributed by atoms with Crippen LogP contribution in [-0.4, -0.2) is 34.0 Å². The molecule has 6 nitrogen and oxygen atoms in total. The molecule has 1 aliphatic rings. The van der Waals surface area contributed by atoms with E-state index in [1.165, 1.54) is 0 Å². The van der Waals surface area contributed by atoms with Crippen molar-refractivity contribution in [2.75, 3.05) is 27.9 Å². The maximum atomic E-state index is 11.6. The first kappa shape index (κ1) is 18.2. The zero-order valence-electron chi connectivity index (χ0n) is 13.4. The molecule has 0 saturated carbocycles. The number of alkyl carbamates (subject to hydrolysis) is 1. The van der Waals surface area contributed by atoms with Crippen LogP contribution in [0, 0.1) is 5.41 Å². The summed E-state index contributed by atoms with van der Waals surface area (Å²) >= 11 is 0. The summed E-state index contributed by atoms with van der Waals surface area (Å²) in [5.74, 6) is 1.83. The number of cyclic esters (lactones) is 1. The molecule has 1 N–H and O–H groups in total. The van der Waals surface area contributed by atoms with Gasteiger partial charge in [-0.15, -0.1) is 12.4 Å². The highest BCUT2D eigenvalue weighted by molar-refractivity contribution is 5.85. The Balaban J connectivity index is 0.00000242. The first-order valence-electron chi connectivity index (χ1n) is 6.66. The molecule has 1 aliphatic heterocycles. The summed E-state index contributed by atoms with van der Waals surface area (Å²) in [6, 6.07) is 3.26. The first-order chi connectivity index (χ1) is 9.92. The zero-order chi connectivity index (χ0) is 15.6. The van der Waals surface area contributed by atoms with Crippen LogP contribution in [0.15, 0.2) is 12.1 Å². The first-order valence-corrected chi connectivity index (χ1v) is 6.66. The van der Waals surface area contributed by atoms with Crippen molar-refractivity contribution in [1.29, 1.82) is 0 Å². The van der Waals surface area contributed by atoms with E-state index >= 15 is 0 Å². The Kier molecular flexibility index (Phi) is 5.77. The monoisotopic (exact) mass is 331 g/mol. The van der Waals surface area contributed by atoms with Gasteiger partial charge in [-0.3, -0.25) is 0 Å². The van der Waals surface area contributed by atoms with E-state index in [2.05, 4.69) is 5.32 Å². The number of nitrogens with one attached hydrogen (secondary N) is 1. The lowest BCUT2D eigenvalue weighted by Crippen LogP contribution is -2.47. The largest absolute Gasteiger partial charge is 0.496 e. The highest BCUT2D eigenvalue weighted by Crippen LogP contribution is 2.46.